The first-order valence-corrected chi connectivity index (χ1v) is 8.45. The number of aromatic hydroxyl groups is 4. The lowest BCUT2D eigenvalue weighted by atomic mass is 9.99. The highest BCUT2D eigenvalue weighted by molar-refractivity contribution is 5.79. The van der Waals surface area contributed by atoms with E-state index in [1.807, 2.05) is 0 Å². The fourth-order valence-electron chi connectivity index (χ4n) is 2.72. The van der Waals surface area contributed by atoms with E-state index in [9.17, 15) is 25.2 Å². The molecule has 0 heterocycles. The Balaban J connectivity index is 1.81. The predicted octanol–water partition coefficient (Wildman–Crippen LogP) is 3.05. The summed E-state index contributed by atoms with van der Waals surface area (Å²) < 4.78 is 5.38. The number of benzene rings is 2. The summed E-state index contributed by atoms with van der Waals surface area (Å²) in [6.07, 6.45) is 2.09. The molecule has 0 saturated heterocycles. The van der Waals surface area contributed by atoms with Crippen molar-refractivity contribution in [1.82, 2.24) is 0 Å². The van der Waals surface area contributed by atoms with E-state index in [0.717, 1.165) is 11.1 Å². The normalized spacial score (nSPS) is 12.0. The molecule has 2 rings (SSSR count). The fraction of sp³-hybridized carbons (Fsp3) is 0.350. The lowest BCUT2D eigenvalue weighted by molar-refractivity contribution is -0.121. The average molecular weight is 360 g/mol. The maximum Gasteiger partial charge on any atom is 0.157 e. The summed E-state index contributed by atoms with van der Waals surface area (Å²) >= 11 is 0. The van der Waals surface area contributed by atoms with Gasteiger partial charge in [0.1, 0.15) is 5.78 Å². The number of carbonyl (C=O) groups is 1. The molecule has 0 aliphatic rings. The second-order valence-electron chi connectivity index (χ2n) is 6.29. The first-order chi connectivity index (χ1) is 12.4. The number of ketones is 1. The molecule has 0 unspecified atom stereocenters. The van der Waals surface area contributed by atoms with Crippen LogP contribution in [0.25, 0.3) is 0 Å². The number of aryl methyl sites for hydroxylation is 2. The smallest absolute Gasteiger partial charge is 0.157 e. The Kier molecular flexibility index (Phi) is 6.86. The maximum absolute atomic E-state index is 12.2. The van der Waals surface area contributed by atoms with Crippen molar-refractivity contribution in [3.8, 4) is 23.0 Å². The Labute approximate surface area is 152 Å². The van der Waals surface area contributed by atoms with Crippen LogP contribution >= 0.6 is 0 Å². The van der Waals surface area contributed by atoms with Crippen LogP contribution in [0, 0.1) is 0 Å². The minimum absolute atomic E-state index is 0.0537. The van der Waals surface area contributed by atoms with Crippen LogP contribution in [-0.4, -0.2) is 39.4 Å². The summed E-state index contributed by atoms with van der Waals surface area (Å²) in [5.74, 6) is -0.642. The van der Waals surface area contributed by atoms with E-state index in [1.165, 1.54) is 24.3 Å². The molecular formula is C20H24O6. The summed E-state index contributed by atoms with van der Waals surface area (Å²) in [5, 5.41) is 37.6. The van der Waals surface area contributed by atoms with Gasteiger partial charge in [-0.2, -0.15) is 0 Å². The molecule has 0 radical (unpaired) electrons. The third-order valence-electron chi connectivity index (χ3n) is 4.32. The number of phenols is 4. The number of hydrogen-bond donors (Lipinski definition) is 4. The molecule has 0 amide bonds. The van der Waals surface area contributed by atoms with Crippen LogP contribution < -0.4 is 0 Å². The molecule has 2 aromatic carbocycles. The standard InChI is InChI=1S/C20H24O6/c1-26-16(7-3-14-5-9-18(23)20(25)11-14)12-15(21)6-2-13-4-8-17(22)19(24)10-13/h4-5,8-11,16,22-25H,2-3,6-7,12H2,1H3/t16-/m0/s1. The fourth-order valence-corrected chi connectivity index (χ4v) is 2.72. The van der Waals surface area contributed by atoms with Gasteiger partial charge in [0.25, 0.3) is 0 Å². The van der Waals surface area contributed by atoms with Crippen molar-refractivity contribution in [1.29, 1.82) is 0 Å². The predicted molar refractivity (Wildman–Crippen MR) is 96.6 cm³/mol. The summed E-state index contributed by atoms with van der Waals surface area (Å²) in [6, 6.07) is 9.19. The van der Waals surface area contributed by atoms with Gasteiger partial charge in [-0.05, 0) is 54.7 Å². The van der Waals surface area contributed by atoms with E-state index in [4.69, 9.17) is 4.74 Å². The summed E-state index contributed by atoms with van der Waals surface area (Å²) in [5.41, 5.74) is 1.64. The maximum atomic E-state index is 12.2. The zero-order valence-electron chi connectivity index (χ0n) is 14.7. The highest BCUT2D eigenvalue weighted by Crippen LogP contribution is 2.27. The molecule has 0 spiro atoms. The van der Waals surface area contributed by atoms with E-state index < -0.39 is 0 Å². The van der Waals surface area contributed by atoms with Crippen LogP contribution in [0.5, 0.6) is 23.0 Å². The molecule has 0 aromatic heterocycles. The average Bonchev–Trinajstić information content (AvgIpc) is 2.62. The topological polar surface area (TPSA) is 107 Å². The number of phenolic OH excluding ortho intramolecular Hbond substituents is 4. The molecule has 6 nitrogen and oxygen atoms in total. The van der Waals surface area contributed by atoms with E-state index >= 15 is 0 Å². The second-order valence-corrected chi connectivity index (χ2v) is 6.29. The van der Waals surface area contributed by atoms with Crippen LogP contribution in [0.2, 0.25) is 0 Å². The molecule has 1 atom stereocenters. The largest absolute Gasteiger partial charge is 0.504 e. The van der Waals surface area contributed by atoms with Crippen molar-refractivity contribution in [2.75, 3.05) is 7.11 Å². The Morgan fingerprint density at radius 2 is 1.42 bits per heavy atom. The Morgan fingerprint density at radius 3 is 1.92 bits per heavy atom. The van der Waals surface area contributed by atoms with E-state index in [1.54, 1.807) is 19.2 Å². The van der Waals surface area contributed by atoms with Gasteiger partial charge in [-0.1, -0.05) is 12.1 Å². The molecule has 140 valence electrons. The molecule has 0 aliphatic carbocycles. The number of methoxy groups -OCH3 is 1. The van der Waals surface area contributed by atoms with Crippen molar-refractivity contribution in [2.24, 2.45) is 0 Å². The van der Waals surface area contributed by atoms with Gasteiger partial charge in [-0.25, -0.2) is 0 Å². The number of ether oxygens (including phenoxy) is 1. The van der Waals surface area contributed by atoms with Crippen LogP contribution in [0.15, 0.2) is 36.4 Å². The molecule has 0 saturated carbocycles. The summed E-state index contributed by atoms with van der Waals surface area (Å²) in [7, 11) is 1.56. The minimum Gasteiger partial charge on any atom is -0.504 e. The first kappa shape index (κ1) is 19.6. The lowest BCUT2D eigenvalue weighted by Crippen LogP contribution is -2.17. The number of hydrogen-bond acceptors (Lipinski definition) is 6. The Bertz CT molecular complexity index is 756. The highest BCUT2D eigenvalue weighted by atomic mass is 16.5. The van der Waals surface area contributed by atoms with Gasteiger partial charge in [0, 0.05) is 20.0 Å². The molecule has 4 N–H and O–H groups in total. The van der Waals surface area contributed by atoms with Crippen LogP contribution in [-0.2, 0) is 22.4 Å². The Hall–Kier alpha value is -2.73. The van der Waals surface area contributed by atoms with Crippen LogP contribution in [0.4, 0.5) is 0 Å². The van der Waals surface area contributed by atoms with Gasteiger partial charge >= 0.3 is 0 Å². The number of rotatable bonds is 9. The molecule has 6 heteroatoms. The van der Waals surface area contributed by atoms with Crippen molar-refractivity contribution < 1.29 is 30.0 Å². The third kappa shape index (κ3) is 5.67. The molecule has 0 fully saturated rings. The molecule has 26 heavy (non-hydrogen) atoms. The van der Waals surface area contributed by atoms with Gasteiger partial charge in [0.15, 0.2) is 23.0 Å². The van der Waals surface area contributed by atoms with Crippen molar-refractivity contribution in [3.05, 3.63) is 47.5 Å². The minimum atomic E-state index is -0.230. The third-order valence-corrected chi connectivity index (χ3v) is 4.32. The van der Waals surface area contributed by atoms with E-state index in [2.05, 4.69) is 0 Å². The quantitative estimate of drug-likeness (QED) is 0.512. The van der Waals surface area contributed by atoms with Crippen LogP contribution in [0.3, 0.4) is 0 Å². The SMILES string of the molecule is CO[C@@H](CCc1ccc(O)c(O)c1)CC(=O)CCc1ccc(O)c(O)c1. The van der Waals surface area contributed by atoms with E-state index in [-0.39, 0.29) is 41.3 Å². The Morgan fingerprint density at radius 1 is 0.885 bits per heavy atom. The summed E-state index contributed by atoms with van der Waals surface area (Å²) in [6.45, 7) is 0. The number of carbonyl (C=O) groups excluding carboxylic acids is 1. The number of Topliss-reactive ketones (excluding diaryl/α,β-unsaturated/α-hetero) is 1. The van der Waals surface area contributed by atoms with Gasteiger partial charge in [0.05, 0.1) is 6.10 Å². The highest BCUT2D eigenvalue weighted by Gasteiger charge is 2.14. The molecule has 2 aromatic rings. The molecular weight excluding hydrogens is 336 g/mol. The molecule has 0 aliphatic heterocycles. The lowest BCUT2D eigenvalue weighted by Gasteiger charge is -2.15. The monoisotopic (exact) mass is 360 g/mol. The van der Waals surface area contributed by atoms with Crippen LogP contribution in [0.1, 0.15) is 30.4 Å². The van der Waals surface area contributed by atoms with Gasteiger partial charge < -0.3 is 25.2 Å². The van der Waals surface area contributed by atoms with Crippen molar-refractivity contribution in [2.45, 2.75) is 38.2 Å². The van der Waals surface area contributed by atoms with Gasteiger partial charge in [-0.15, -0.1) is 0 Å². The van der Waals surface area contributed by atoms with Crippen molar-refractivity contribution >= 4 is 5.78 Å². The molecule has 0 bridgehead atoms. The zero-order valence-corrected chi connectivity index (χ0v) is 14.7. The van der Waals surface area contributed by atoms with Gasteiger partial charge in [-0.3, -0.25) is 4.79 Å². The second kappa shape index (κ2) is 9.10. The zero-order chi connectivity index (χ0) is 19.1. The van der Waals surface area contributed by atoms with Crippen molar-refractivity contribution in [3.63, 3.8) is 0 Å². The van der Waals surface area contributed by atoms with Gasteiger partial charge in [0.2, 0.25) is 0 Å². The van der Waals surface area contributed by atoms with E-state index in [0.29, 0.717) is 25.7 Å². The summed E-state index contributed by atoms with van der Waals surface area (Å²) in [4.78, 5) is 12.2. The first-order valence-electron chi connectivity index (χ1n) is 8.45.